The van der Waals surface area contributed by atoms with Crippen LogP contribution in [0.1, 0.15) is 0 Å². The number of hydrogen-bond donors (Lipinski definition) is 3. The van der Waals surface area contributed by atoms with Gasteiger partial charge in [-0.05, 0) is 0 Å². The first-order chi connectivity index (χ1) is 6.99. The first-order valence-electron chi connectivity index (χ1n) is 4.59. The van der Waals surface area contributed by atoms with Crippen LogP contribution in [0.5, 0.6) is 0 Å². The van der Waals surface area contributed by atoms with Gasteiger partial charge in [0.1, 0.15) is 6.10 Å². The number of nitrogens with one attached hydrogen (secondary N) is 2. The molecule has 1 aliphatic rings. The smallest absolute Gasteiger partial charge is 0.250 e. The highest BCUT2D eigenvalue weighted by Gasteiger charge is 2.21. The molecule has 1 aliphatic heterocycles. The van der Waals surface area contributed by atoms with Crippen molar-refractivity contribution in [3.8, 4) is 0 Å². The molecular formula is C7H15N3O4S. The molecule has 88 valence electrons. The first kappa shape index (κ1) is 12.4. The quantitative estimate of drug-likeness (QED) is 0.496. The van der Waals surface area contributed by atoms with E-state index in [0.717, 1.165) is 6.54 Å². The zero-order valence-electron chi connectivity index (χ0n) is 8.23. The molecule has 15 heavy (non-hydrogen) atoms. The van der Waals surface area contributed by atoms with Crippen molar-refractivity contribution in [1.82, 2.24) is 10.6 Å². The molecule has 0 bridgehead atoms. The van der Waals surface area contributed by atoms with E-state index in [1.165, 1.54) is 0 Å². The summed E-state index contributed by atoms with van der Waals surface area (Å²) in [7, 11) is -3.52. The molecule has 1 saturated heterocycles. The van der Waals surface area contributed by atoms with Crippen molar-refractivity contribution >= 4 is 15.9 Å². The number of ether oxygens (including phenoxy) is 1. The van der Waals surface area contributed by atoms with Gasteiger partial charge in [0.05, 0.1) is 12.4 Å². The van der Waals surface area contributed by atoms with E-state index in [0.29, 0.717) is 13.2 Å². The van der Waals surface area contributed by atoms with Crippen LogP contribution in [-0.4, -0.2) is 52.4 Å². The molecule has 1 unspecified atom stereocenters. The Hall–Kier alpha value is -0.700. The van der Waals surface area contributed by atoms with Gasteiger partial charge in [-0.25, -0.2) is 13.6 Å². The van der Waals surface area contributed by atoms with Gasteiger partial charge in [0.2, 0.25) is 15.9 Å². The Bertz CT molecular complexity index is 310. The van der Waals surface area contributed by atoms with E-state index in [1.807, 2.05) is 0 Å². The van der Waals surface area contributed by atoms with Gasteiger partial charge in [-0.15, -0.1) is 0 Å². The van der Waals surface area contributed by atoms with Crippen LogP contribution < -0.4 is 15.8 Å². The second-order valence-electron chi connectivity index (χ2n) is 3.22. The fourth-order valence-electron chi connectivity index (χ4n) is 1.16. The number of rotatable bonds is 4. The van der Waals surface area contributed by atoms with E-state index in [2.05, 4.69) is 10.6 Å². The third-order valence-corrected chi connectivity index (χ3v) is 2.68. The van der Waals surface area contributed by atoms with Gasteiger partial charge in [-0.3, -0.25) is 4.79 Å². The van der Waals surface area contributed by atoms with Crippen molar-refractivity contribution in [2.75, 3.05) is 32.0 Å². The first-order valence-corrected chi connectivity index (χ1v) is 6.31. The van der Waals surface area contributed by atoms with Gasteiger partial charge in [-0.1, -0.05) is 0 Å². The summed E-state index contributed by atoms with van der Waals surface area (Å²) in [6.45, 7) is 1.66. The zero-order valence-corrected chi connectivity index (χ0v) is 9.05. The number of sulfonamides is 1. The molecule has 7 nitrogen and oxygen atoms in total. The summed E-state index contributed by atoms with van der Waals surface area (Å²) < 4.78 is 26.3. The van der Waals surface area contributed by atoms with E-state index in [-0.39, 0.29) is 18.2 Å². The van der Waals surface area contributed by atoms with Gasteiger partial charge in [0, 0.05) is 19.6 Å². The van der Waals surface area contributed by atoms with Crippen LogP contribution in [0, 0.1) is 0 Å². The number of nitrogens with two attached hydrogens (primary N) is 1. The minimum Gasteiger partial charge on any atom is -0.366 e. The Labute approximate surface area is 88.4 Å². The Balaban J connectivity index is 2.23. The summed E-state index contributed by atoms with van der Waals surface area (Å²) in [4.78, 5) is 11.4. The number of carbonyl (C=O) groups is 1. The lowest BCUT2D eigenvalue weighted by atomic mass is 10.3. The predicted molar refractivity (Wildman–Crippen MR) is 53.6 cm³/mol. The Kier molecular flexibility index (Phi) is 4.45. The number of primary sulfonamides is 1. The van der Waals surface area contributed by atoms with Crippen molar-refractivity contribution in [1.29, 1.82) is 0 Å². The van der Waals surface area contributed by atoms with E-state index in [4.69, 9.17) is 9.88 Å². The number of morpholine rings is 1. The molecule has 1 heterocycles. The molecule has 1 atom stereocenters. The van der Waals surface area contributed by atoms with E-state index >= 15 is 0 Å². The molecule has 0 aliphatic carbocycles. The van der Waals surface area contributed by atoms with Crippen LogP contribution in [0.2, 0.25) is 0 Å². The third kappa shape index (κ3) is 5.07. The molecule has 1 rings (SSSR count). The van der Waals surface area contributed by atoms with Gasteiger partial charge < -0.3 is 15.4 Å². The molecule has 1 amide bonds. The summed E-state index contributed by atoms with van der Waals surface area (Å²) >= 11 is 0. The molecule has 0 spiro atoms. The van der Waals surface area contributed by atoms with E-state index < -0.39 is 16.1 Å². The maximum absolute atomic E-state index is 11.4. The summed E-state index contributed by atoms with van der Waals surface area (Å²) in [6.07, 6.45) is -0.542. The Morgan fingerprint density at radius 2 is 2.33 bits per heavy atom. The maximum atomic E-state index is 11.4. The summed E-state index contributed by atoms with van der Waals surface area (Å²) in [5.74, 6) is -0.579. The molecule has 4 N–H and O–H groups in total. The molecule has 0 aromatic heterocycles. The highest BCUT2D eigenvalue weighted by molar-refractivity contribution is 7.89. The molecular weight excluding hydrogens is 222 g/mol. The molecule has 0 aromatic carbocycles. The molecule has 0 radical (unpaired) electrons. The highest BCUT2D eigenvalue weighted by Crippen LogP contribution is 1.95. The Morgan fingerprint density at radius 1 is 1.60 bits per heavy atom. The van der Waals surface area contributed by atoms with Gasteiger partial charge in [0.25, 0.3) is 0 Å². The maximum Gasteiger partial charge on any atom is 0.250 e. The lowest BCUT2D eigenvalue weighted by Gasteiger charge is -2.22. The van der Waals surface area contributed by atoms with Crippen molar-refractivity contribution in [2.45, 2.75) is 6.10 Å². The second-order valence-corrected chi connectivity index (χ2v) is 4.96. The normalized spacial score (nSPS) is 22.3. The monoisotopic (exact) mass is 237 g/mol. The number of hydrogen-bond acceptors (Lipinski definition) is 5. The lowest BCUT2D eigenvalue weighted by Crippen LogP contribution is -2.48. The van der Waals surface area contributed by atoms with Gasteiger partial charge >= 0.3 is 0 Å². The van der Waals surface area contributed by atoms with Crippen LogP contribution >= 0.6 is 0 Å². The fraction of sp³-hybridized carbons (Fsp3) is 0.857. The van der Waals surface area contributed by atoms with Crippen LogP contribution in [0.15, 0.2) is 0 Å². The summed E-state index contributed by atoms with van der Waals surface area (Å²) in [6, 6.07) is 0. The van der Waals surface area contributed by atoms with Crippen molar-refractivity contribution < 1.29 is 17.9 Å². The Morgan fingerprint density at radius 3 is 2.87 bits per heavy atom. The topological polar surface area (TPSA) is 111 Å². The third-order valence-electron chi connectivity index (χ3n) is 1.91. The van der Waals surface area contributed by atoms with Gasteiger partial charge in [-0.2, -0.15) is 0 Å². The minimum absolute atomic E-state index is 0.0114. The molecule has 0 aromatic rings. The summed E-state index contributed by atoms with van der Waals surface area (Å²) in [5.41, 5.74) is 0. The molecule has 1 fully saturated rings. The lowest BCUT2D eigenvalue weighted by molar-refractivity contribution is -0.134. The molecule has 8 heteroatoms. The largest absolute Gasteiger partial charge is 0.366 e. The van der Waals surface area contributed by atoms with E-state index in [1.54, 1.807) is 0 Å². The molecule has 0 saturated carbocycles. The van der Waals surface area contributed by atoms with Crippen molar-refractivity contribution in [2.24, 2.45) is 5.14 Å². The van der Waals surface area contributed by atoms with Crippen LogP contribution in [-0.2, 0) is 19.6 Å². The number of amides is 1. The van der Waals surface area contributed by atoms with Crippen LogP contribution in [0.25, 0.3) is 0 Å². The van der Waals surface area contributed by atoms with Gasteiger partial charge in [0.15, 0.2) is 0 Å². The van der Waals surface area contributed by atoms with Crippen molar-refractivity contribution in [3.05, 3.63) is 0 Å². The predicted octanol–water partition coefficient (Wildman–Crippen LogP) is -2.62. The fourth-order valence-corrected chi connectivity index (χ4v) is 1.55. The second kappa shape index (κ2) is 5.40. The average Bonchev–Trinajstić information content (AvgIpc) is 2.17. The number of carbonyl (C=O) groups excluding carboxylic acids is 1. The van der Waals surface area contributed by atoms with Crippen LogP contribution in [0.4, 0.5) is 0 Å². The minimum atomic E-state index is -3.52. The summed E-state index contributed by atoms with van der Waals surface area (Å²) in [5, 5.41) is 10.2. The highest BCUT2D eigenvalue weighted by atomic mass is 32.2. The SMILES string of the molecule is NS(=O)(=O)CCNC(=O)C1CNCCO1. The standard InChI is InChI=1S/C7H15N3O4S/c8-15(12,13)4-2-10-7(11)6-5-9-1-3-14-6/h6,9H,1-5H2,(H,10,11)(H2,8,12,13). The zero-order chi connectivity index (χ0) is 11.3. The van der Waals surface area contributed by atoms with Crippen molar-refractivity contribution in [3.63, 3.8) is 0 Å². The average molecular weight is 237 g/mol. The van der Waals surface area contributed by atoms with Crippen LogP contribution in [0.3, 0.4) is 0 Å². The van der Waals surface area contributed by atoms with E-state index in [9.17, 15) is 13.2 Å².